The third kappa shape index (κ3) is 4.23. The Morgan fingerprint density at radius 2 is 1.95 bits per heavy atom. The van der Waals surface area contributed by atoms with Gasteiger partial charge in [0.1, 0.15) is 11.5 Å². The molecule has 0 aliphatic heterocycles. The van der Waals surface area contributed by atoms with Crippen LogP contribution in [0.5, 0.6) is 0 Å². The van der Waals surface area contributed by atoms with Gasteiger partial charge in [-0.1, -0.05) is 0 Å². The standard InChI is InChI=1S/C12H15NO6S/c1-7-5-8(12(18)19-2)11(20-7)13(6-10(16)17)4-3-9(14)15/h5H,3-4,6H2,1-2H3,(H,14,15)(H,16,17). The zero-order chi connectivity index (χ0) is 15.3. The fourth-order valence-corrected chi connectivity index (χ4v) is 2.66. The van der Waals surface area contributed by atoms with E-state index in [0.29, 0.717) is 5.00 Å². The van der Waals surface area contributed by atoms with Crippen molar-refractivity contribution >= 4 is 34.2 Å². The first-order valence-electron chi connectivity index (χ1n) is 5.72. The highest BCUT2D eigenvalue weighted by Crippen LogP contribution is 2.32. The van der Waals surface area contributed by atoms with Gasteiger partial charge in [-0.3, -0.25) is 9.59 Å². The number of aliphatic carboxylic acids is 2. The minimum Gasteiger partial charge on any atom is -0.481 e. The highest BCUT2D eigenvalue weighted by Gasteiger charge is 2.22. The molecule has 0 radical (unpaired) electrons. The Kier molecular flexibility index (Phi) is 5.51. The van der Waals surface area contributed by atoms with Crippen LogP contribution in [0.15, 0.2) is 6.07 Å². The topological polar surface area (TPSA) is 104 Å². The van der Waals surface area contributed by atoms with Crippen molar-refractivity contribution in [1.82, 2.24) is 0 Å². The average Bonchev–Trinajstić information content (AvgIpc) is 2.75. The summed E-state index contributed by atoms with van der Waals surface area (Å²) < 4.78 is 4.65. The lowest BCUT2D eigenvalue weighted by molar-refractivity contribution is -0.138. The van der Waals surface area contributed by atoms with Crippen LogP contribution in [0, 0.1) is 6.92 Å². The molecule has 0 saturated heterocycles. The fourth-order valence-electron chi connectivity index (χ4n) is 1.64. The molecule has 0 fully saturated rings. The van der Waals surface area contributed by atoms with Gasteiger partial charge in [0.25, 0.3) is 0 Å². The zero-order valence-electron chi connectivity index (χ0n) is 11.1. The second-order valence-electron chi connectivity index (χ2n) is 4.03. The molecule has 110 valence electrons. The third-order valence-electron chi connectivity index (χ3n) is 2.45. The van der Waals surface area contributed by atoms with Crippen LogP contribution in [0.3, 0.4) is 0 Å². The molecule has 0 saturated carbocycles. The molecular formula is C12H15NO6S. The van der Waals surface area contributed by atoms with Crippen molar-refractivity contribution in [2.24, 2.45) is 0 Å². The first-order valence-corrected chi connectivity index (χ1v) is 6.54. The Labute approximate surface area is 119 Å². The van der Waals surface area contributed by atoms with Crippen molar-refractivity contribution in [3.63, 3.8) is 0 Å². The molecule has 20 heavy (non-hydrogen) atoms. The van der Waals surface area contributed by atoms with Gasteiger partial charge in [-0.05, 0) is 13.0 Å². The first-order chi connectivity index (χ1) is 9.35. The average molecular weight is 301 g/mol. The van der Waals surface area contributed by atoms with Crippen molar-refractivity contribution in [2.75, 3.05) is 25.1 Å². The van der Waals surface area contributed by atoms with Gasteiger partial charge >= 0.3 is 17.9 Å². The predicted molar refractivity (Wildman–Crippen MR) is 72.5 cm³/mol. The highest BCUT2D eigenvalue weighted by molar-refractivity contribution is 7.16. The smallest absolute Gasteiger partial charge is 0.340 e. The highest BCUT2D eigenvalue weighted by atomic mass is 32.1. The van der Waals surface area contributed by atoms with Crippen molar-refractivity contribution in [3.8, 4) is 0 Å². The Hall–Kier alpha value is -2.09. The SMILES string of the molecule is COC(=O)c1cc(C)sc1N(CCC(=O)O)CC(=O)O. The Morgan fingerprint density at radius 1 is 1.30 bits per heavy atom. The number of methoxy groups -OCH3 is 1. The maximum absolute atomic E-state index is 11.7. The molecule has 1 heterocycles. The minimum absolute atomic E-state index is 0.00554. The molecule has 1 aromatic heterocycles. The van der Waals surface area contributed by atoms with E-state index < -0.39 is 17.9 Å². The molecule has 2 N–H and O–H groups in total. The summed E-state index contributed by atoms with van der Waals surface area (Å²) in [6.45, 7) is 1.40. The number of thiophene rings is 1. The van der Waals surface area contributed by atoms with Gasteiger partial charge < -0.3 is 19.8 Å². The van der Waals surface area contributed by atoms with Gasteiger partial charge in [-0.15, -0.1) is 11.3 Å². The van der Waals surface area contributed by atoms with Crippen molar-refractivity contribution < 1.29 is 29.3 Å². The molecule has 0 atom stereocenters. The zero-order valence-corrected chi connectivity index (χ0v) is 11.9. The number of carbonyl (C=O) groups excluding carboxylic acids is 1. The number of carbonyl (C=O) groups is 3. The summed E-state index contributed by atoms with van der Waals surface area (Å²) in [5.74, 6) is -2.71. The summed E-state index contributed by atoms with van der Waals surface area (Å²) >= 11 is 1.23. The number of esters is 1. The predicted octanol–water partition coefficient (Wildman–Crippen LogP) is 1.21. The van der Waals surface area contributed by atoms with Gasteiger partial charge in [-0.25, -0.2) is 4.79 Å². The summed E-state index contributed by atoms with van der Waals surface area (Å²) in [6.07, 6.45) is -0.217. The monoisotopic (exact) mass is 301 g/mol. The second kappa shape index (κ2) is 6.90. The number of ether oxygens (including phenoxy) is 1. The maximum Gasteiger partial charge on any atom is 0.340 e. The van der Waals surface area contributed by atoms with Crippen LogP contribution >= 0.6 is 11.3 Å². The molecule has 1 rings (SSSR count). The van der Waals surface area contributed by atoms with E-state index in [4.69, 9.17) is 10.2 Å². The number of hydrogen-bond acceptors (Lipinski definition) is 6. The number of anilines is 1. The summed E-state index contributed by atoms with van der Waals surface area (Å²) in [6, 6.07) is 1.60. The van der Waals surface area contributed by atoms with Crippen LogP contribution in [0.25, 0.3) is 0 Å². The van der Waals surface area contributed by atoms with Crippen LogP contribution in [0.1, 0.15) is 21.7 Å². The molecule has 0 unspecified atom stereocenters. The molecular weight excluding hydrogens is 286 g/mol. The summed E-state index contributed by atoms with van der Waals surface area (Å²) in [7, 11) is 1.23. The minimum atomic E-state index is -1.10. The van der Waals surface area contributed by atoms with Crippen LogP contribution in [-0.4, -0.2) is 48.3 Å². The Morgan fingerprint density at radius 3 is 2.45 bits per heavy atom. The van der Waals surface area contributed by atoms with E-state index in [-0.39, 0.29) is 25.1 Å². The van der Waals surface area contributed by atoms with E-state index in [1.807, 2.05) is 0 Å². The summed E-state index contributed by atoms with van der Waals surface area (Å²) in [5.41, 5.74) is 0.252. The molecule has 0 aliphatic carbocycles. The Balaban J connectivity index is 3.08. The van der Waals surface area contributed by atoms with Gasteiger partial charge in [0.05, 0.1) is 19.1 Å². The molecule has 0 amide bonds. The third-order valence-corrected chi connectivity index (χ3v) is 3.56. The molecule has 0 bridgehead atoms. The van der Waals surface area contributed by atoms with E-state index in [2.05, 4.69) is 4.74 Å². The lowest BCUT2D eigenvalue weighted by atomic mass is 10.2. The number of nitrogens with zero attached hydrogens (tertiary/aromatic N) is 1. The number of carboxylic acid groups (broad SMARTS) is 2. The van der Waals surface area contributed by atoms with Crippen LogP contribution in [-0.2, 0) is 14.3 Å². The number of carboxylic acids is 2. The van der Waals surface area contributed by atoms with E-state index in [1.54, 1.807) is 13.0 Å². The van der Waals surface area contributed by atoms with E-state index in [9.17, 15) is 14.4 Å². The molecule has 7 nitrogen and oxygen atoms in total. The maximum atomic E-state index is 11.7. The van der Waals surface area contributed by atoms with E-state index in [1.165, 1.54) is 23.3 Å². The van der Waals surface area contributed by atoms with Gasteiger partial charge in [0.15, 0.2) is 0 Å². The van der Waals surface area contributed by atoms with E-state index >= 15 is 0 Å². The Bertz CT molecular complexity index is 524. The number of rotatable bonds is 7. The van der Waals surface area contributed by atoms with Crippen LogP contribution in [0.4, 0.5) is 5.00 Å². The molecule has 0 spiro atoms. The van der Waals surface area contributed by atoms with Gasteiger partial charge in [0.2, 0.25) is 0 Å². The van der Waals surface area contributed by atoms with Gasteiger partial charge in [0, 0.05) is 11.4 Å². The van der Waals surface area contributed by atoms with Crippen LogP contribution in [0.2, 0.25) is 0 Å². The molecule has 0 aromatic carbocycles. The van der Waals surface area contributed by atoms with Crippen molar-refractivity contribution in [2.45, 2.75) is 13.3 Å². The second-order valence-corrected chi connectivity index (χ2v) is 5.26. The quantitative estimate of drug-likeness (QED) is 0.729. The summed E-state index contributed by atoms with van der Waals surface area (Å²) in [4.78, 5) is 35.4. The molecule has 1 aromatic rings. The van der Waals surface area contributed by atoms with Gasteiger partial charge in [-0.2, -0.15) is 0 Å². The molecule has 8 heteroatoms. The van der Waals surface area contributed by atoms with Crippen molar-refractivity contribution in [1.29, 1.82) is 0 Å². The fraction of sp³-hybridized carbons (Fsp3) is 0.417. The number of hydrogen-bond donors (Lipinski definition) is 2. The number of aryl methyl sites for hydroxylation is 1. The lowest BCUT2D eigenvalue weighted by Crippen LogP contribution is -2.32. The van der Waals surface area contributed by atoms with E-state index in [0.717, 1.165) is 4.88 Å². The largest absolute Gasteiger partial charge is 0.481 e. The first kappa shape index (κ1) is 16.0. The lowest BCUT2D eigenvalue weighted by Gasteiger charge is -2.21. The molecule has 0 aliphatic rings. The van der Waals surface area contributed by atoms with Crippen molar-refractivity contribution in [3.05, 3.63) is 16.5 Å². The summed E-state index contributed by atoms with van der Waals surface area (Å²) in [5, 5.41) is 18.0. The van der Waals surface area contributed by atoms with Crippen LogP contribution < -0.4 is 4.90 Å². The normalized spacial score (nSPS) is 10.1.